The van der Waals surface area contributed by atoms with Gasteiger partial charge < -0.3 is 20.4 Å². The molecule has 0 aromatic rings. The number of nitrogens with one attached hydrogen (secondary N) is 1. The Kier molecular flexibility index (Phi) is 11.9. The number of thioether (sulfide) groups is 1. The number of nitrogens with zero attached hydrogens (tertiary/aromatic N) is 2. The van der Waals surface area contributed by atoms with E-state index < -0.39 is 46.0 Å². The average molecular weight is 466 g/mol. The molecule has 2 heterocycles. The Labute approximate surface area is 225 Å². The number of amides is 3. The first-order valence-corrected chi connectivity index (χ1v) is 11.3. The van der Waals surface area contributed by atoms with Crippen molar-refractivity contribution in [2.45, 2.75) is 101 Å². The minimum atomic E-state index is -1.06. The van der Waals surface area contributed by atoms with Crippen molar-refractivity contribution in [3.8, 4) is 0 Å². The number of hydrogen-bond donors (Lipinski definition) is 2. The molecule has 0 unspecified atom stereocenters. The maximum atomic E-state index is 12.3. The maximum Gasteiger partial charge on any atom is 1.00 e. The molecule has 0 aromatic carbocycles. The number of carboxylic acids is 1. The molecular formula is C20H32KN3O5S. The van der Waals surface area contributed by atoms with E-state index in [0.717, 1.165) is 12.8 Å². The summed E-state index contributed by atoms with van der Waals surface area (Å²) in [7, 11) is 0. The molecule has 8 nitrogen and oxygen atoms in total. The van der Waals surface area contributed by atoms with E-state index in [2.05, 4.69) is 17.2 Å². The largest absolute Gasteiger partial charge is 1.00 e. The number of unbranched alkanes of at least 4 members (excludes halogenated alkanes) is 7. The molecule has 0 radical (unpaired) electrons. The third kappa shape index (κ3) is 7.20. The van der Waals surface area contributed by atoms with Crippen LogP contribution in [0.15, 0.2) is 4.99 Å². The number of hydrogen-bond acceptors (Lipinski definition) is 5. The molecule has 0 aromatic heterocycles. The van der Waals surface area contributed by atoms with Gasteiger partial charge in [0.25, 0.3) is 0 Å². The van der Waals surface area contributed by atoms with Crippen LogP contribution in [-0.2, 0) is 9.59 Å². The van der Waals surface area contributed by atoms with Gasteiger partial charge in [0, 0.05) is 4.75 Å². The van der Waals surface area contributed by atoms with Gasteiger partial charge in [-0.15, -0.1) is 11.8 Å². The summed E-state index contributed by atoms with van der Waals surface area (Å²) in [6, 6.07) is -2.60. The Bertz CT molecular complexity index is 658. The predicted octanol–water partition coefficient (Wildman–Crippen LogP) is -0.495. The third-order valence-electron chi connectivity index (χ3n) is 5.42. The van der Waals surface area contributed by atoms with E-state index >= 15 is 0 Å². The van der Waals surface area contributed by atoms with Gasteiger partial charge in [0.05, 0.1) is 0 Å². The zero-order chi connectivity index (χ0) is 21.6. The van der Waals surface area contributed by atoms with Gasteiger partial charge in [-0.2, -0.15) is 0 Å². The molecule has 3 amide bonds. The molecule has 2 saturated heterocycles. The first kappa shape index (κ1) is 27.9. The van der Waals surface area contributed by atoms with E-state index in [9.17, 15) is 24.6 Å². The van der Waals surface area contributed by atoms with Gasteiger partial charge in [0.2, 0.25) is 5.91 Å². The summed E-state index contributed by atoms with van der Waals surface area (Å²) in [6.07, 6.45) is 9.07. The second kappa shape index (κ2) is 12.8. The zero-order valence-corrected chi connectivity index (χ0v) is 22.4. The summed E-state index contributed by atoms with van der Waals surface area (Å²) in [5.74, 6) is -1.99. The van der Waals surface area contributed by atoms with Gasteiger partial charge in [-0.05, 0) is 32.6 Å². The van der Waals surface area contributed by atoms with Gasteiger partial charge >= 0.3 is 63.4 Å². The monoisotopic (exact) mass is 465 g/mol. The molecule has 10 heteroatoms. The first-order valence-electron chi connectivity index (χ1n) is 10.5. The number of fused-ring (bicyclic) bond motifs is 1. The fraction of sp³-hybridized carbons (Fsp3) is 0.800. The fourth-order valence-corrected chi connectivity index (χ4v) is 5.52. The van der Waals surface area contributed by atoms with Gasteiger partial charge in [-0.25, -0.2) is 14.6 Å². The fourth-order valence-electron chi connectivity index (χ4n) is 3.89. The minimum absolute atomic E-state index is 0. The molecule has 2 aliphatic heterocycles. The number of urea groups is 1. The van der Waals surface area contributed by atoms with Gasteiger partial charge in [0.1, 0.15) is 17.5 Å². The Hall–Kier alpha value is -0.134. The number of carboxylic acid groups (broad SMARTS) is 1. The maximum absolute atomic E-state index is 12.3. The quantitative estimate of drug-likeness (QED) is 0.140. The average Bonchev–Trinajstić information content (AvgIpc) is 2.90. The van der Waals surface area contributed by atoms with Crippen molar-refractivity contribution in [1.82, 2.24) is 10.2 Å². The number of aliphatic carboxylic acids is 1. The Morgan fingerprint density at radius 3 is 2.30 bits per heavy atom. The molecule has 2 N–H and O–H groups in total. The van der Waals surface area contributed by atoms with Gasteiger partial charge in [0.15, 0.2) is 0 Å². The van der Waals surface area contributed by atoms with Crippen LogP contribution in [-0.4, -0.2) is 56.0 Å². The molecule has 0 bridgehead atoms. The van der Waals surface area contributed by atoms with Crippen LogP contribution >= 0.6 is 11.8 Å². The van der Waals surface area contributed by atoms with Crippen molar-refractivity contribution >= 4 is 35.6 Å². The smallest absolute Gasteiger partial charge is 0.862 e. The summed E-state index contributed by atoms with van der Waals surface area (Å²) < 4.78 is -0.658. The van der Waals surface area contributed by atoms with Crippen molar-refractivity contribution < 1.29 is 76.0 Å². The number of β-lactam (4-membered cyclic amide) rings is 1. The van der Waals surface area contributed by atoms with Gasteiger partial charge in [-0.1, -0.05) is 51.9 Å². The molecule has 3 atom stereocenters. The normalized spacial score (nSPS) is 24.6. The van der Waals surface area contributed by atoms with E-state index in [0.29, 0.717) is 6.42 Å². The standard InChI is InChI=1S/C20H33N3O5S.K/c1-4-5-6-7-8-9-10-11-12-13(24)21-19(28)22-14-16(25)23-15(18(26)27)20(2,3)29-17(14)23;/h14-15,17H,4-12H2,1-3H3,(H,26,27)(H2,21,22,24,28);/q;+1/p-1/t14-,15+,17-;/m1./s1. The van der Waals surface area contributed by atoms with Crippen LogP contribution in [0.25, 0.3) is 0 Å². The summed E-state index contributed by atoms with van der Waals surface area (Å²) in [4.78, 5) is 40.6. The SMILES string of the molecule is CCCCCCCCCCC([O-])=NC(=O)N[C@@H]1C(=O)N2[C@@H]1SC(C)(C)[C@@H]2C(=O)O.[K+]. The van der Waals surface area contributed by atoms with Crippen molar-refractivity contribution in [1.29, 1.82) is 0 Å². The second-order valence-electron chi connectivity index (χ2n) is 8.26. The Morgan fingerprint density at radius 1 is 1.17 bits per heavy atom. The van der Waals surface area contributed by atoms with Crippen LogP contribution in [0.3, 0.4) is 0 Å². The molecule has 2 rings (SSSR count). The summed E-state index contributed by atoms with van der Waals surface area (Å²) >= 11 is 1.34. The Balaban J connectivity index is 0.00000450. The number of carbonyl (C=O) groups is 3. The summed E-state index contributed by atoms with van der Waals surface area (Å²) in [6.45, 7) is 5.71. The molecule has 164 valence electrons. The first-order chi connectivity index (χ1) is 13.7. The number of carbonyl (C=O) groups excluding carboxylic acids is 2. The zero-order valence-electron chi connectivity index (χ0n) is 18.5. The van der Waals surface area contributed by atoms with E-state index in [4.69, 9.17) is 0 Å². The van der Waals surface area contributed by atoms with Crippen LogP contribution in [0, 0.1) is 0 Å². The molecule has 2 fully saturated rings. The molecular weight excluding hydrogens is 433 g/mol. The topological polar surface area (TPSA) is 122 Å². The van der Waals surface area contributed by atoms with Crippen LogP contribution in [0.5, 0.6) is 0 Å². The number of rotatable bonds is 11. The molecule has 0 saturated carbocycles. The van der Waals surface area contributed by atoms with Crippen molar-refractivity contribution in [3.05, 3.63) is 0 Å². The second-order valence-corrected chi connectivity index (χ2v) is 10.0. The van der Waals surface area contributed by atoms with Crippen LogP contribution < -0.4 is 61.8 Å². The van der Waals surface area contributed by atoms with Gasteiger partial charge in [-0.3, -0.25) is 4.79 Å². The van der Waals surface area contributed by atoms with Crippen LogP contribution in [0.2, 0.25) is 0 Å². The number of aliphatic imine (C=N–C) groups is 1. The van der Waals surface area contributed by atoms with Crippen molar-refractivity contribution in [3.63, 3.8) is 0 Å². The van der Waals surface area contributed by atoms with E-state index in [1.807, 2.05) is 0 Å². The van der Waals surface area contributed by atoms with Crippen LogP contribution in [0.4, 0.5) is 4.79 Å². The molecule has 0 spiro atoms. The summed E-state index contributed by atoms with van der Waals surface area (Å²) in [5, 5.41) is 23.3. The predicted molar refractivity (Wildman–Crippen MR) is 111 cm³/mol. The minimum Gasteiger partial charge on any atom is -0.862 e. The summed E-state index contributed by atoms with van der Waals surface area (Å²) in [5.41, 5.74) is 0. The molecule has 0 aliphatic carbocycles. The van der Waals surface area contributed by atoms with Crippen LogP contribution in [0.1, 0.15) is 78.6 Å². The molecule has 30 heavy (non-hydrogen) atoms. The van der Waals surface area contributed by atoms with E-state index in [1.54, 1.807) is 13.8 Å². The van der Waals surface area contributed by atoms with Crippen molar-refractivity contribution in [2.75, 3.05) is 0 Å². The van der Waals surface area contributed by atoms with E-state index in [-0.39, 0.29) is 57.8 Å². The third-order valence-corrected chi connectivity index (χ3v) is 7.00. The molecule has 2 aliphatic rings. The Morgan fingerprint density at radius 2 is 1.73 bits per heavy atom. The van der Waals surface area contributed by atoms with E-state index in [1.165, 1.54) is 48.8 Å². The van der Waals surface area contributed by atoms with Crippen molar-refractivity contribution in [2.24, 2.45) is 4.99 Å².